The van der Waals surface area contributed by atoms with E-state index in [2.05, 4.69) is 15.9 Å². The van der Waals surface area contributed by atoms with Gasteiger partial charge in [0, 0.05) is 4.47 Å². The molecule has 0 aliphatic rings. The van der Waals surface area contributed by atoms with Crippen LogP contribution in [0.1, 0.15) is 17.3 Å². The molecule has 0 saturated carbocycles. The first-order valence-corrected chi connectivity index (χ1v) is 5.21. The van der Waals surface area contributed by atoms with Crippen LogP contribution in [0.5, 0.6) is 5.75 Å². The number of hydrogen-bond donors (Lipinski definition) is 1. The molecule has 1 N–H and O–H groups in total. The molecule has 0 unspecified atom stereocenters. The van der Waals surface area contributed by atoms with Crippen LogP contribution in [0.15, 0.2) is 34.8 Å². The molecule has 15 heavy (non-hydrogen) atoms. The lowest BCUT2D eigenvalue weighted by Crippen LogP contribution is -2.03. The van der Waals surface area contributed by atoms with Gasteiger partial charge in [0.05, 0.1) is 0 Å². The number of benzene rings is 1. The summed E-state index contributed by atoms with van der Waals surface area (Å²) < 4.78 is 6.03. The van der Waals surface area contributed by atoms with Crippen molar-refractivity contribution in [2.24, 2.45) is 0 Å². The van der Waals surface area contributed by atoms with Gasteiger partial charge in [-0.1, -0.05) is 28.1 Å². The molecule has 1 aromatic rings. The zero-order valence-electron chi connectivity index (χ0n) is 8.24. The van der Waals surface area contributed by atoms with E-state index in [9.17, 15) is 4.79 Å². The maximum atomic E-state index is 10.9. The van der Waals surface area contributed by atoms with Crippen molar-refractivity contribution in [1.29, 1.82) is 0 Å². The SMILES string of the molecule is C/C=C/COc1ccc(Br)cc1C(=O)O. The van der Waals surface area contributed by atoms with Crippen LogP contribution in [-0.2, 0) is 0 Å². The number of halogens is 1. The third-order valence-electron chi connectivity index (χ3n) is 1.74. The van der Waals surface area contributed by atoms with E-state index in [-0.39, 0.29) is 5.56 Å². The van der Waals surface area contributed by atoms with Gasteiger partial charge in [0.15, 0.2) is 0 Å². The zero-order chi connectivity index (χ0) is 11.3. The van der Waals surface area contributed by atoms with E-state index in [0.29, 0.717) is 12.4 Å². The van der Waals surface area contributed by atoms with Crippen LogP contribution in [0.2, 0.25) is 0 Å². The minimum atomic E-state index is -0.994. The summed E-state index contributed by atoms with van der Waals surface area (Å²) in [6, 6.07) is 4.90. The molecule has 0 atom stereocenters. The second-order valence-corrected chi connectivity index (χ2v) is 3.74. The van der Waals surface area contributed by atoms with E-state index < -0.39 is 5.97 Å². The first-order chi connectivity index (χ1) is 7.15. The maximum Gasteiger partial charge on any atom is 0.339 e. The molecule has 80 valence electrons. The van der Waals surface area contributed by atoms with E-state index in [1.165, 1.54) is 6.07 Å². The molecule has 3 nitrogen and oxygen atoms in total. The number of carbonyl (C=O) groups is 1. The lowest BCUT2D eigenvalue weighted by Gasteiger charge is -2.07. The summed E-state index contributed by atoms with van der Waals surface area (Å²) in [4.78, 5) is 10.9. The Kier molecular flexibility index (Phi) is 4.37. The Morgan fingerprint density at radius 3 is 2.93 bits per heavy atom. The fraction of sp³-hybridized carbons (Fsp3) is 0.182. The van der Waals surface area contributed by atoms with Gasteiger partial charge in [-0.25, -0.2) is 4.79 Å². The van der Waals surface area contributed by atoms with Crippen LogP contribution in [0.25, 0.3) is 0 Å². The zero-order valence-corrected chi connectivity index (χ0v) is 9.82. The van der Waals surface area contributed by atoms with Gasteiger partial charge >= 0.3 is 5.97 Å². The quantitative estimate of drug-likeness (QED) is 0.856. The van der Waals surface area contributed by atoms with Crippen LogP contribution in [0.4, 0.5) is 0 Å². The fourth-order valence-electron chi connectivity index (χ4n) is 1.03. The number of aromatic carboxylic acids is 1. The highest BCUT2D eigenvalue weighted by Crippen LogP contribution is 2.23. The van der Waals surface area contributed by atoms with E-state index in [1.54, 1.807) is 12.1 Å². The summed E-state index contributed by atoms with van der Waals surface area (Å²) in [5.74, 6) is -0.615. The third-order valence-corrected chi connectivity index (χ3v) is 2.24. The molecule has 0 fully saturated rings. The van der Waals surface area contributed by atoms with E-state index in [0.717, 1.165) is 4.47 Å². The predicted molar refractivity (Wildman–Crippen MR) is 61.4 cm³/mol. The van der Waals surface area contributed by atoms with Crippen molar-refractivity contribution in [2.45, 2.75) is 6.92 Å². The number of allylic oxidation sites excluding steroid dienone is 1. The molecule has 1 rings (SSSR count). The average molecular weight is 271 g/mol. The largest absolute Gasteiger partial charge is 0.489 e. The summed E-state index contributed by atoms with van der Waals surface area (Å²) in [7, 11) is 0. The molecule has 0 aromatic heterocycles. The molecule has 0 aliphatic carbocycles. The third kappa shape index (κ3) is 3.40. The van der Waals surface area contributed by atoms with Crippen molar-refractivity contribution >= 4 is 21.9 Å². The number of carboxylic acid groups (broad SMARTS) is 1. The van der Waals surface area contributed by atoms with E-state index in [1.807, 2.05) is 19.1 Å². The standard InChI is InChI=1S/C11H11BrO3/c1-2-3-6-15-10-5-4-8(12)7-9(10)11(13)14/h2-5,7H,6H2,1H3,(H,13,14)/b3-2+. The van der Waals surface area contributed by atoms with Crippen LogP contribution in [-0.4, -0.2) is 17.7 Å². The number of rotatable bonds is 4. The second kappa shape index (κ2) is 5.56. The number of carboxylic acids is 1. The molecule has 0 aliphatic heterocycles. The predicted octanol–water partition coefficient (Wildman–Crippen LogP) is 3.10. The summed E-state index contributed by atoms with van der Waals surface area (Å²) >= 11 is 3.21. The highest BCUT2D eigenvalue weighted by Gasteiger charge is 2.11. The molecule has 0 heterocycles. The number of hydrogen-bond acceptors (Lipinski definition) is 2. The van der Waals surface area contributed by atoms with Crippen LogP contribution in [0.3, 0.4) is 0 Å². The second-order valence-electron chi connectivity index (χ2n) is 2.83. The van der Waals surface area contributed by atoms with Crippen molar-refractivity contribution in [3.05, 3.63) is 40.4 Å². The highest BCUT2D eigenvalue weighted by atomic mass is 79.9. The molecule has 4 heteroatoms. The van der Waals surface area contributed by atoms with Crippen LogP contribution >= 0.6 is 15.9 Å². The minimum absolute atomic E-state index is 0.161. The van der Waals surface area contributed by atoms with Crippen LogP contribution < -0.4 is 4.74 Å². The smallest absolute Gasteiger partial charge is 0.339 e. The van der Waals surface area contributed by atoms with Crippen molar-refractivity contribution in [1.82, 2.24) is 0 Å². The van der Waals surface area contributed by atoms with Crippen molar-refractivity contribution in [3.8, 4) is 5.75 Å². The van der Waals surface area contributed by atoms with Crippen LogP contribution in [0, 0.1) is 0 Å². The van der Waals surface area contributed by atoms with Gasteiger partial charge in [-0.05, 0) is 25.1 Å². The molecule has 0 spiro atoms. The van der Waals surface area contributed by atoms with Gasteiger partial charge in [-0.2, -0.15) is 0 Å². The summed E-state index contributed by atoms with van der Waals surface area (Å²) in [5, 5.41) is 8.93. The molecule has 0 saturated heterocycles. The van der Waals surface area contributed by atoms with Gasteiger partial charge in [-0.3, -0.25) is 0 Å². The van der Waals surface area contributed by atoms with Crippen molar-refractivity contribution < 1.29 is 14.6 Å². The summed E-state index contributed by atoms with van der Waals surface area (Å²) in [5.41, 5.74) is 0.161. The summed E-state index contributed by atoms with van der Waals surface area (Å²) in [6.07, 6.45) is 3.66. The fourth-order valence-corrected chi connectivity index (χ4v) is 1.39. The summed E-state index contributed by atoms with van der Waals surface area (Å²) in [6.45, 7) is 2.25. The lowest BCUT2D eigenvalue weighted by molar-refractivity contribution is 0.0692. The topological polar surface area (TPSA) is 46.5 Å². The Bertz CT molecular complexity index is 385. The Morgan fingerprint density at radius 2 is 2.33 bits per heavy atom. The van der Waals surface area contributed by atoms with Gasteiger partial charge in [0.1, 0.15) is 17.9 Å². The Hall–Kier alpha value is -1.29. The van der Waals surface area contributed by atoms with Gasteiger partial charge in [0.2, 0.25) is 0 Å². The normalized spacial score (nSPS) is 10.5. The average Bonchev–Trinajstić information content (AvgIpc) is 2.20. The van der Waals surface area contributed by atoms with Crippen molar-refractivity contribution in [3.63, 3.8) is 0 Å². The molecule has 0 amide bonds. The van der Waals surface area contributed by atoms with Crippen molar-refractivity contribution in [2.75, 3.05) is 6.61 Å². The monoisotopic (exact) mass is 270 g/mol. The first-order valence-electron chi connectivity index (χ1n) is 4.42. The molecule has 0 bridgehead atoms. The lowest BCUT2D eigenvalue weighted by atomic mass is 10.2. The Morgan fingerprint density at radius 1 is 1.60 bits per heavy atom. The Labute approximate surface area is 96.5 Å². The number of ether oxygens (including phenoxy) is 1. The maximum absolute atomic E-state index is 10.9. The van der Waals surface area contributed by atoms with E-state index in [4.69, 9.17) is 9.84 Å². The molecule has 1 aromatic carbocycles. The highest BCUT2D eigenvalue weighted by molar-refractivity contribution is 9.10. The first kappa shape index (κ1) is 11.8. The van der Waals surface area contributed by atoms with E-state index >= 15 is 0 Å². The molecule has 0 radical (unpaired) electrons. The molecular weight excluding hydrogens is 260 g/mol. The van der Waals surface area contributed by atoms with Gasteiger partial charge < -0.3 is 9.84 Å². The van der Waals surface area contributed by atoms with Gasteiger partial charge in [-0.15, -0.1) is 0 Å². The minimum Gasteiger partial charge on any atom is -0.489 e. The van der Waals surface area contributed by atoms with Gasteiger partial charge in [0.25, 0.3) is 0 Å². The molecular formula is C11H11BrO3. The Balaban J connectivity index is 2.90.